The number of rotatable bonds is 6. The summed E-state index contributed by atoms with van der Waals surface area (Å²) in [7, 11) is -1.92. The third kappa shape index (κ3) is 3.99. The zero-order valence-electron chi connectivity index (χ0n) is 6.66. The lowest BCUT2D eigenvalue weighted by atomic mass is 10.6. The fourth-order valence-corrected chi connectivity index (χ4v) is 4.79. The molecule has 0 bridgehead atoms. The molecule has 3 N–H and O–H groups in total. The summed E-state index contributed by atoms with van der Waals surface area (Å²) in [5.74, 6) is 0. The molecule has 0 saturated carbocycles. The molecule has 0 radical (unpaired) electrons. The van der Waals surface area contributed by atoms with Crippen LogP contribution in [0.1, 0.15) is 0 Å². The predicted molar refractivity (Wildman–Crippen MR) is 59.6 cm³/mol. The van der Waals surface area contributed by atoms with Crippen molar-refractivity contribution in [3.8, 4) is 0 Å². The Morgan fingerprint density at radius 2 is 1.50 bits per heavy atom. The Bertz CT molecular complexity index is 113. The average molecular weight is 325 g/mol. The molecular formula is C6H14Br2O3P+. The predicted octanol–water partition coefficient (Wildman–Crippen LogP) is 1.01. The van der Waals surface area contributed by atoms with Gasteiger partial charge in [0.15, 0.2) is 19.0 Å². The van der Waals surface area contributed by atoms with Gasteiger partial charge in [0.25, 0.3) is 0 Å². The number of alkyl halides is 2. The van der Waals surface area contributed by atoms with Crippen LogP contribution >= 0.6 is 39.1 Å². The van der Waals surface area contributed by atoms with Gasteiger partial charge in [0, 0.05) is 5.33 Å². The zero-order valence-corrected chi connectivity index (χ0v) is 10.7. The molecule has 0 saturated heterocycles. The van der Waals surface area contributed by atoms with Crippen molar-refractivity contribution in [2.24, 2.45) is 0 Å². The van der Waals surface area contributed by atoms with E-state index in [1.807, 2.05) is 0 Å². The van der Waals surface area contributed by atoms with Gasteiger partial charge >= 0.3 is 0 Å². The van der Waals surface area contributed by atoms with E-state index in [0.29, 0.717) is 6.16 Å². The third-order valence-electron chi connectivity index (χ3n) is 1.65. The molecule has 0 aromatic rings. The first-order chi connectivity index (χ1) is 5.64. The Labute approximate surface area is 89.8 Å². The van der Waals surface area contributed by atoms with Crippen molar-refractivity contribution in [2.75, 3.05) is 30.5 Å². The van der Waals surface area contributed by atoms with Gasteiger partial charge in [-0.15, -0.1) is 0 Å². The summed E-state index contributed by atoms with van der Waals surface area (Å²) in [6.07, 6.45) is 0.390. The van der Waals surface area contributed by atoms with Gasteiger partial charge in [-0.05, 0) is 0 Å². The molecular weight excluding hydrogens is 311 g/mol. The normalized spacial score (nSPS) is 14.8. The summed E-state index contributed by atoms with van der Waals surface area (Å²) >= 11 is 6.66. The number of halogens is 2. The van der Waals surface area contributed by atoms with Crippen molar-refractivity contribution in [3.05, 3.63) is 0 Å². The number of aliphatic hydroxyl groups excluding tert-OH is 3. The Hall–Kier alpha value is 1.27. The molecule has 1 unspecified atom stereocenters. The molecule has 0 aliphatic carbocycles. The first-order valence-electron chi connectivity index (χ1n) is 3.52. The van der Waals surface area contributed by atoms with Gasteiger partial charge in [-0.2, -0.15) is 0 Å². The topological polar surface area (TPSA) is 60.7 Å². The van der Waals surface area contributed by atoms with E-state index in [1.165, 1.54) is 0 Å². The molecule has 0 spiro atoms. The third-order valence-corrected chi connectivity index (χ3v) is 7.47. The second kappa shape index (κ2) is 6.68. The molecule has 6 heteroatoms. The highest BCUT2D eigenvalue weighted by Crippen LogP contribution is 2.57. The monoisotopic (exact) mass is 323 g/mol. The Morgan fingerprint density at radius 1 is 1.08 bits per heavy atom. The van der Waals surface area contributed by atoms with Gasteiger partial charge in [0.05, 0.1) is 18.3 Å². The largest absolute Gasteiger partial charge is 0.362 e. The van der Waals surface area contributed by atoms with E-state index >= 15 is 0 Å². The molecule has 0 aliphatic heterocycles. The molecule has 0 fully saturated rings. The lowest BCUT2D eigenvalue weighted by Gasteiger charge is -2.21. The minimum atomic E-state index is -1.92. The van der Waals surface area contributed by atoms with Crippen LogP contribution in [0.15, 0.2) is 0 Å². The summed E-state index contributed by atoms with van der Waals surface area (Å²) in [5.41, 5.74) is 0. The van der Waals surface area contributed by atoms with E-state index in [-0.39, 0.29) is 23.9 Å². The van der Waals surface area contributed by atoms with Crippen molar-refractivity contribution in [2.45, 2.75) is 4.83 Å². The Morgan fingerprint density at radius 3 is 1.75 bits per heavy atom. The molecule has 0 heterocycles. The Kier molecular flexibility index (Phi) is 7.39. The minimum Gasteiger partial charge on any atom is -0.362 e. The van der Waals surface area contributed by atoms with Crippen LogP contribution in [0.2, 0.25) is 0 Å². The van der Waals surface area contributed by atoms with Crippen LogP contribution in [0.3, 0.4) is 0 Å². The standard InChI is InChI=1S/C6H14Br2O3P/c7-1-6(8)2-12(3-9,4-10)5-11/h6,9-11H,1-5H2/q+1. The van der Waals surface area contributed by atoms with Gasteiger partial charge in [-0.25, -0.2) is 0 Å². The fourth-order valence-electron chi connectivity index (χ4n) is 0.776. The second-order valence-electron chi connectivity index (χ2n) is 2.70. The van der Waals surface area contributed by atoms with Crippen LogP contribution < -0.4 is 0 Å². The molecule has 3 nitrogen and oxygen atoms in total. The summed E-state index contributed by atoms with van der Waals surface area (Å²) in [4.78, 5) is 0.206. The lowest BCUT2D eigenvalue weighted by Crippen LogP contribution is -2.18. The Balaban J connectivity index is 4.09. The zero-order chi connectivity index (χ0) is 9.61. The molecule has 74 valence electrons. The number of hydrogen-bond donors (Lipinski definition) is 3. The van der Waals surface area contributed by atoms with Gasteiger partial charge in [-0.1, -0.05) is 31.9 Å². The summed E-state index contributed by atoms with van der Waals surface area (Å²) in [5, 5.41) is 27.8. The average Bonchev–Trinajstić information content (AvgIpc) is 2.14. The van der Waals surface area contributed by atoms with Gasteiger partial charge < -0.3 is 15.3 Å². The van der Waals surface area contributed by atoms with Crippen molar-refractivity contribution in [1.29, 1.82) is 0 Å². The number of hydrogen-bond acceptors (Lipinski definition) is 3. The van der Waals surface area contributed by atoms with Crippen LogP contribution in [-0.4, -0.2) is 50.7 Å². The summed E-state index contributed by atoms with van der Waals surface area (Å²) in [6, 6.07) is 0. The fraction of sp³-hybridized carbons (Fsp3) is 1.00. The van der Waals surface area contributed by atoms with Crippen LogP contribution in [0.25, 0.3) is 0 Å². The highest BCUT2D eigenvalue weighted by atomic mass is 79.9. The van der Waals surface area contributed by atoms with Crippen LogP contribution in [0.4, 0.5) is 0 Å². The van der Waals surface area contributed by atoms with E-state index < -0.39 is 7.26 Å². The number of aliphatic hydroxyl groups is 3. The van der Waals surface area contributed by atoms with Crippen molar-refractivity contribution in [3.63, 3.8) is 0 Å². The van der Waals surface area contributed by atoms with E-state index in [2.05, 4.69) is 31.9 Å². The SMILES string of the molecule is OC[P+](CO)(CO)CC(Br)CBr. The van der Waals surface area contributed by atoms with Gasteiger partial charge in [0.2, 0.25) is 0 Å². The molecule has 12 heavy (non-hydrogen) atoms. The molecule has 0 rings (SSSR count). The smallest absolute Gasteiger partial charge is 0.158 e. The lowest BCUT2D eigenvalue weighted by molar-refractivity contribution is 0.311. The van der Waals surface area contributed by atoms with Gasteiger partial charge in [0.1, 0.15) is 0 Å². The highest BCUT2D eigenvalue weighted by Gasteiger charge is 2.37. The van der Waals surface area contributed by atoms with Crippen LogP contribution in [0.5, 0.6) is 0 Å². The molecule has 1 atom stereocenters. The van der Waals surface area contributed by atoms with Crippen molar-refractivity contribution >= 4 is 39.1 Å². The second-order valence-corrected chi connectivity index (χ2v) is 8.54. The summed E-state index contributed by atoms with van der Waals surface area (Å²) < 4.78 is 0. The molecule has 0 aromatic carbocycles. The van der Waals surface area contributed by atoms with Gasteiger partial charge in [-0.3, -0.25) is 0 Å². The first kappa shape index (κ1) is 13.3. The van der Waals surface area contributed by atoms with E-state index in [1.54, 1.807) is 0 Å². The van der Waals surface area contributed by atoms with Crippen molar-refractivity contribution in [1.82, 2.24) is 0 Å². The first-order valence-corrected chi connectivity index (χ1v) is 8.08. The van der Waals surface area contributed by atoms with Crippen molar-refractivity contribution < 1.29 is 15.3 Å². The van der Waals surface area contributed by atoms with Crippen LogP contribution in [-0.2, 0) is 0 Å². The van der Waals surface area contributed by atoms with E-state index in [0.717, 1.165) is 5.33 Å². The van der Waals surface area contributed by atoms with Crippen LogP contribution in [0, 0.1) is 0 Å². The van der Waals surface area contributed by atoms with E-state index in [9.17, 15) is 0 Å². The maximum Gasteiger partial charge on any atom is 0.158 e. The molecule has 0 amide bonds. The van der Waals surface area contributed by atoms with E-state index in [4.69, 9.17) is 15.3 Å². The maximum absolute atomic E-state index is 9.01. The maximum atomic E-state index is 9.01. The molecule has 0 aliphatic rings. The quantitative estimate of drug-likeness (QED) is 0.505. The highest BCUT2D eigenvalue weighted by molar-refractivity contribution is 9.12. The minimum absolute atomic E-state index is 0.0882. The summed E-state index contributed by atoms with van der Waals surface area (Å²) in [6.45, 7) is 0. The molecule has 0 aromatic heterocycles.